The number of hydrogen-bond donors (Lipinski definition) is 0. The van der Waals surface area contributed by atoms with E-state index in [9.17, 15) is 8.78 Å². The molecular formula is C14H15F2NO. The number of ether oxygens (including phenoxy) is 1. The number of hydrogen-bond acceptors (Lipinski definition) is 2. The Balaban J connectivity index is 1.95. The molecular weight excluding hydrogens is 236 g/mol. The Morgan fingerprint density at radius 3 is 2.61 bits per heavy atom. The van der Waals surface area contributed by atoms with Crippen LogP contribution in [0.5, 0.6) is 0 Å². The van der Waals surface area contributed by atoms with E-state index in [4.69, 9.17) is 4.74 Å². The first-order valence-electron chi connectivity index (χ1n) is 6.40. The molecule has 96 valence electrons. The molecule has 3 rings (SSSR count). The van der Waals surface area contributed by atoms with Gasteiger partial charge >= 0.3 is 0 Å². The number of benzene rings is 1. The highest BCUT2D eigenvalue weighted by Gasteiger charge is 2.31. The third kappa shape index (κ3) is 2.00. The third-order valence-corrected chi connectivity index (χ3v) is 3.76. The van der Waals surface area contributed by atoms with Gasteiger partial charge in [0.1, 0.15) is 17.2 Å². The summed E-state index contributed by atoms with van der Waals surface area (Å²) in [7, 11) is 0. The van der Waals surface area contributed by atoms with Gasteiger partial charge in [-0.15, -0.1) is 0 Å². The van der Waals surface area contributed by atoms with Gasteiger partial charge in [0.15, 0.2) is 0 Å². The van der Waals surface area contributed by atoms with Crippen LogP contribution >= 0.6 is 0 Å². The van der Waals surface area contributed by atoms with Gasteiger partial charge in [-0.2, -0.15) is 0 Å². The van der Waals surface area contributed by atoms with Crippen molar-refractivity contribution in [2.75, 3.05) is 6.61 Å². The van der Waals surface area contributed by atoms with Crippen molar-refractivity contribution >= 4 is 5.90 Å². The minimum Gasteiger partial charge on any atom is -0.477 e. The van der Waals surface area contributed by atoms with Crippen molar-refractivity contribution in [1.82, 2.24) is 0 Å². The fourth-order valence-electron chi connectivity index (χ4n) is 2.77. The maximum atomic E-state index is 13.7. The van der Waals surface area contributed by atoms with Crippen molar-refractivity contribution in [3.05, 3.63) is 35.4 Å². The molecule has 1 heterocycles. The van der Waals surface area contributed by atoms with E-state index in [-0.39, 0.29) is 17.5 Å². The lowest BCUT2D eigenvalue weighted by atomic mass is 9.85. The monoisotopic (exact) mass is 251 g/mol. The first-order valence-corrected chi connectivity index (χ1v) is 6.40. The zero-order valence-electron chi connectivity index (χ0n) is 10.0. The molecule has 4 heteroatoms. The second-order valence-electron chi connectivity index (χ2n) is 4.95. The average Bonchev–Trinajstić information content (AvgIpc) is 2.38. The summed E-state index contributed by atoms with van der Waals surface area (Å²) in [6, 6.07) is 3.98. The molecule has 1 aliphatic carbocycles. The molecule has 2 unspecified atom stereocenters. The minimum atomic E-state index is -0.608. The van der Waals surface area contributed by atoms with Crippen LogP contribution in [0.4, 0.5) is 8.78 Å². The Morgan fingerprint density at radius 1 is 1.11 bits per heavy atom. The Labute approximate surface area is 105 Å². The van der Waals surface area contributed by atoms with Crippen LogP contribution in [0.1, 0.15) is 31.2 Å². The van der Waals surface area contributed by atoms with Crippen LogP contribution in [-0.4, -0.2) is 18.5 Å². The molecule has 0 N–H and O–H groups in total. The van der Waals surface area contributed by atoms with Crippen molar-refractivity contribution in [2.45, 2.75) is 31.7 Å². The first-order chi connectivity index (χ1) is 8.75. The summed E-state index contributed by atoms with van der Waals surface area (Å²) in [5, 5.41) is 0. The van der Waals surface area contributed by atoms with Gasteiger partial charge in [-0.05, 0) is 25.0 Å². The Bertz CT molecular complexity index is 466. The maximum absolute atomic E-state index is 13.7. The summed E-state index contributed by atoms with van der Waals surface area (Å²) in [5.41, 5.74) is -0.124. The lowest BCUT2D eigenvalue weighted by molar-refractivity contribution is 0.154. The van der Waals surface area contributed by atoms with Gasteiger partial charge in [0.2, 0.25) is 5.90 Å². The standard InChI is InChI=1S/C14H15F2NO/c15-10-5-3-6-11(16)13(10)14-17-12-7-2-1-4-9(12)8-18-14/h3,5-6,9,12H,1-2,4,7-8H2. The summed E-state index contributed by atoms with van der Waals surface area (Å²) in [6.07, 6.45) is 4.43. The van der Waals surface area contributed by atoms with E-state index < -0.39 is 11.6 Å². The SMILES string of the molecule is Fc1cccc(F)c1C1=NC2CCCCC2CO1. The molecule has 18 heavy (non-hydrogen) atoms. The summed E-state index contributed by atoms with van der Waals surface area (Å²) in [5.74, 6) is -0.669. The van der Waals surface area contributed by atoms with Crippen LogP contribution in [0, 0.1) is 17.6 Å². The van der Waals surface area contributed by atoms with Gasteiger partial charge in [-0.3, -0.25) is 0 Å². The minimum absolute atomic E-state index is 0.124. The zero-order chi connectivity index (χ0) is 12.5. The van der Waals surface area contributed by atoms with Crippen molar-refractivity contribution < 1.29 is 13.5 Å². The molecule has 2 atom stereocenters. The van der Waals surface area contributed by atoms with E-state index in [0.29, 0.717) is 12.5 Å². The smallest absolute Gasteiger partial charge is 0.222 e. The summed E-state index contributed by atoms with van der Waals surface area (Å²) >= 11 is 0. The Hall–Kier alpha value is -1.45. The second-order valence-corrected chi connectivity index (χ2v) is 4.95. The van der Waals surface area contributed by atoms with Crippen LogP contribution in [0.2, 0.25) is 0 Å². The molecule has 0 bridgehead atoms. The topological polar surface area (TPSA) is 21.6 Å². The predicted octanol–water partition coefficient (Wildman–Crippen LogP) is 3.30. The molecule has 1 aliphatic heterocycles. The van der Waals surface area contributed by atoms with Crippen molar-refractivity contribution in [1.29, 1.82) is 0 Å². The molecule has 1 aromatic rings. The number of halogens is 2. The number of nitrogens with zero attached hydrogens (tertiary/aromatic N) is 1. The third-order valence-electron chi connectivity index (χ3n) is 3.76. The number of rotatable bonds is 1. The Morgan fingerprint density at radius 2 is 1.83 bits per heavy atom. The molecule has 1 aromatic carbocycles. The zero-order valence-corrected chi connectivity index (χ0v) is 10.0. The quantitative estimate of drug-likeness (QED) is 0.750. The summed E-state index contributed by atoms with van der Waals surface area (Å²) in [4.78, 5) is 4.41. The van der Waals surface area contributed by atoms with Crippen molar-refractivity contribution in [3.63, 3.8) is 0 Å². The highest BCUT2D eigenvalue weighted by molar-refractivity contribution is 5.95. The van der Waals surface area contributed by atoms with Crippen molar-refractivity contribution in [3.8, 4) is 0 Å². The van der Waals surface area contributed by atoms with Gasteiger partial charge in [0, 0.05) is 5.92 Å². The molecule has 1 fully saturated rings. The predicted molar refractivity (Wildman–Crippen MR) is 64.6 cm³/mol. The van der Waals surface area contributed by atoms with Crippen LogP contribution in [0.15, 0.2) is 23.2 Å². The fraction of sp³-hybridized carbons (Fsp3) is 0.500. The van der Waals surface area contributed by atoms with Gasteiger partial charge < -0.3 is 4.74 Å². The average molecular weight is 251 g/mol. The fourth-order valence-corrected chi connectivity index (χ4v) is 2.77. The van der Waals surface area contributed by atoms with Crippen LogP contribution in [0.3, 0.4) is 0 Å². The number of aliphatic imine (C=N–C) groups is 1. The molecule has 0 aromatic heterocycles. The lowest BCUT2D eigenvalue weighted by Gasteiger charge is -2.33. The van der Waals surface area contributed by atoms with Gasteiger partial charge in [0.25, 0.3) is 0 Å². The normalized spacial score (nSPS) is 27.1. The molecule has 1 saturated carbocycles. The summed E-state index contributed by atoms with van der Waals surface area (Å²) < 4.78 is 32.8. The first kappa shape index (κ1) is 11.6. The largest absolute Gasteiger partial charge is 0.477 e. The van der Waals surface area contributed by atoms with E-state index in [1.54, 1.807) is 0 Å². The molecule has 0 spiro atoms. The molecule has 2 nitrogen and oxygen atoms in total. The molecule has 0 saturated heterocycles. The van der Waals surface area contributed by atoms with E-state index in [1.165, 1.54) is 24.6 Å². The van der Waals surface area contributed by atoms with Gasteiger partial charge in [-0.25, -0.2) is 13.8 Å². The molecule has 0 radical (unpaired) electrons. The number of fused-ring (bicyclic) bond motifs is 1. The van der Waals surface area contributed by atoms with Crippen LogP contribution < -0.4 is 0 Å². The van der Waals surface area contributed by atoms with E-state index >= 15 is 0 Å². The summed E-state index contributed by atoms with van der Waals surface area (Å²) in [6.45, 7) is 0.525. The maximum Gasteiger partial charge on any atom is 0.222 e. The van der Waals surface area contributed by atoms with E-state index in [1.807, 2.05) is 0 Å². The van der Waals surface area contributed by atoms with E-state index in [0.717, 1.165) is 19.3 Å². The van der Waals surface area contributed by atoms with Crippen LogP contribution in [0.25, 0.3) is 0 Å². The lowest BCUT2D eigenvalue weighted by Crippen LogP contribution is -2.34. The highest BCUT2D eigenvalue weighted by Crippen LogP contribution is 2.31. The Kier molecular flexibility index (Phi) is 3.02. The van der Waals surface area contributed by atoms with E-state index in [2.05, 4.69) is 4.99 Å². The molecule has 2 aliphatic rings. The second kappa shape index (κ2) is 4.67. The highest BCUT2D eigenvalue weighted by atomic mass is 19.1. The van der Waals surface area contributed by atoms with Gasteiger partial charge in [0.05, 0.1) is 12.6 Å². The van der Waals surface area contributed by atoms with Crippen molar-refractivity contribution in [2.24, 2.45) is 10.9 Å². The molecule has 0 amide bonds. The van der Waals surface area contributed by atoms with Crippen LogP contribution in [-0.2, 0) is 4.74 Å². The van der Waals surface area contributed by atoms with Gasteiger partial charge in [-0.1, -0.05) is 18.9 Å².